The van der Waals surface area contributed by atoms with Crippen LogP contribution >= 0.6 is 0 Å². The fourth-order valence-electron chi connectivity index (χ4n) is 4.88. The van der Waals surface area contributed by atoms with Crippen LogP contribution in [0, 0.1) is 0 Å². The molecule has 2 unspecified atom stereocenters. The monoisotopic (exact) mass is 501 g/mol. The van der Waals surface area contributed by atoms with Crippen LogP contribution in [-0.4, -0.2) is 46.9 Å². The Bertz CT molecular complexity index is 1260. The Morgan fingerprint density at radius 3 is 2.33 bits per heavy atom. The van der Waals surface area contributed by atoms with Gasteiger partial charge in [0, 0.05) is 17.5 Å². The number of primary amides is 1. The molecule has 5 rings (SSSR count). The number of hydrogen-bond donors (Lipinski definition) is 2. The van der Waals surface area contributed by atoms with Gasteiger partial charge in [-0.05, 0) is 60.7 Å². The van der Waals surface area contributed by atoms with Crippen molar-refractivity contribution in [2.45, 2.75) is 56.0 Å². The number of carbonyl (C=O) groups excluding carboxylic acids is 4. The quantitative estimate of drug-likeness (QED) is 0.590. The second-order valence-corrected chi connectivity index (χ2v) is 9.20. The van der Waals surface area contributed by atoms with Crippen molar-refractivity contribution in [1.29, 1.82) is 0 Å². The van der Waals surface area contributed by atoms with Crippen LogP contribution in [-0.2, 0) is 9.59 Å². The Labute approximate surface area is 203 Å². The standard InChI is InChI=1S/C25H22F3N3O5/c26-25(27,28)20(12-1-4-14(5-2-12)36-15-6-7-15)21-17-11-13(22(29)33)3-8-16(17)24(35)31(21)18-9-10-19(32)30-23(18)34/h1-5,8,11,15,18,20-21H,6-7,9-10H2,(H2,29,33)(H,30,32,34)/t18?,20-,21?/m1/s1. The number of hydrogen-bond acceptors (Lipinski definition) is 5. The molecule has 0 radical (unpaired) electrons. The molecule has 4 amide bonds. The maximum atomic E-state index is 14.7. The summed E-state index contributed by atoms with van der Waals surface area (Å²) in [6, 6.07) is 6.19. The predicted molar refractivity (Wildman–Crippen MR) is 119 cm³/mol. The van der Waals surface area contributed by atoms with Gasteiger partial charge in [0.2, 0.25) is 17.7 Å². The minimum atomic E-state index is -4.84. The van der Waals surface area contributed by atoms with Crippen LogP contribution in [0.15, 0.2) is 42.5 Å². The lowest BCUT2D eigenvalue weighted by atomic mass is 9.84. The summed E-state index contributed by atoms with van der Waals surface area (Å²) in [5.41, 5.74) is 5.05. The van der Waals surface area contributed by atoms with Crippen molar-refractivity contribution >= 4 is 23.6 Å². The third-order valence-corrected chi connectivity index (χ3v) is 6.70. The van der Waals surface area contributed by atoms with Gasteiger partial charge in [0.15, 0.2) is 0 Å². The predicted octanol–water partition coefficient (Wildman–Crippen LogP) is 2.97. The van der Waals surface area contributed by atoms with Crippen LogP contribution in [0.4, 0.5) is 13.2 Å². The molecule has 3 N–H and O–H groups in total. The van der Waals surface area contributed by atoms with Gasteiger partial charge in [-0.25, -0.2) is 0 Å². The minimum absolute atomic E-state index is 0.0540. The van der Waals surface area contributed by atoms with Crippen molar-refractivity contribution in [3.05, 3.63) is 64.7 Å². The highest BCUT2D eigenvalue weighted by Crippen LogP contribution is 2.52. The molecule has 11 heteroatoms. The van der Waals surface area contributed by atoms with Gasteiger partial charge in [0.25, 0.3) is 5.91 Å². The summed E-state index contributed by atoms with van der Waals surface area (Å²) in [4.78, 5) is 50.5. The molecule has 188 valence electrons. The molecule has 2 heterocycles. The highest BCUT2D eigenvalue weighted by atomic mass is 19.4. The number of amides is 4. The lowest BCUT2D eigenvalue weighted by Gasteiger charge is -2.39. The first-order valence-corrected chi connectivity index (χ1v) is 11.5. The lowest BCUT2D eigenvalue weighted by Crippen LogP contribution is -2.54. The summed E-state index contributed by atoms with van der Waals surface area (Å²) in [6.45, 7) is 0. The molecule has 8 nitrogen and oxygen atoms in total. The van der Waals surface area contributed by atoms with E-state index in [0.717, 1.165) is 17.7 Å². The second kappa shape index (κ2) is 8.65. The SMILES string of the molecule is NC(=O)c1ccc2c(c1)C([C@@H](c1ccc(OC3CC3)cc1)C(F)(F)F)N(C1CCC(=O)NC1=O)C2=O. The highest BCUT2D eigenvalue weighted by molar-refractivity contribution is 6.06. The third-order valence-electron chi connectivity index (χ3n) is 6.70. The molecule has 2 aromatic carbocycles. The zero-order valence-electron chi connectivity index (χ0n) is 18.9. The summed E-state index contributed by atoms with van der Waals surface area (Å²) >= 11 is 0. The maximum absolute atomic E-state index is 14.7. The number of halogens is 3. The molecule has 0 spiro atoms. The van der Waals surface area contributed by atoms with Crippen molar-refractivity contribution in [3.8, 4) is 5.75 Å². The van der Waals surface area contributed by atoms with Crippen molar-refractivity contribution in [1.82, 2.24) is 10.2 Å². The number of alkyl halides is 3. The van der Waals surface area contributed by atoms with E-state index in [1.54, 1.807) is 0 Å². The Balaban J connectivity index is 1.63. The van der Waals surface area contributed by atoms with E-state index in [2.05, 4.69) is 5.32 Å². The van der Waals surface area contributed by atoms with Gasteiger partial charge in [0.05, 0.1) is 12.1 Å². The van der Waals surface area contributed by atoms with Gasteiger partial charge in [-0.3, -0.25) is 24.5 Å². The average Bonchev–Trinajstić information content (AvgIpc) is 3.58. The van der Waals surface area contributed by atoms with E-state index in [-0.39, 0.29) is 41.2 Å². The lowest BCUT2D eigenvalue weighted by molar-refractivity contribution is -0.167. The molecule has 1 saturated heterocycles. The summed E-state index contributed by atoms with van der Waals surface area (Å²) in [7, 11) is 0. The van der Waals surface area contributed by atoms with Crippen molar-refractivity contribution in [3.63, 3.8) is 0 Å². The minimum Gasteiger partial charge on any atom is -0.490 e. The van der Waals surface area contributed by atoms with E-state index in [1.807, 2.05) is 0 Å². The Morgan fingerprint density at radius 1 is 1.06 bits per heavy atom. The molecule has 2 fully saturated rings. The number of nitrogens with zero attached hydrogens (tertiary/aromatic N) is 1. The molecule has 2 aliphatic heterocycles. The number of rotatable bonds is 6. The summed E-state index contributed by atoms with van der Waals surface area (Å²) in [5, 5.41) is 2.11. The van der Waals surface area contributed by atoms with Crippen LogP contribution in [0.25, 0.3) is 0 Å². The normalized spacial score (nSPS) is 22.8. The molecule has 2 aromatic rings. The molecule has 1 aliphatic carbocycles. The summed E-state index contributed by atoms with van der Waals surface area (Å²) in [6.07, 6.45) is -3.26. The van der Waals surface area contributed by atoms with E-state index in [4.69, 9.17) is 10.5 Å². The van der Waals surface area contributed by atoms with E-state index in [0.29, 0.717) is 5.75 Å². The van der Waals surface area contributed by atoms with Crippen LogP contribution in [0.1, 0.15) is 69.5 Å². The van der Waals surface area contributed by atoms with Crippen LogP contribution in [0.2, 0.25) is 0 Å². The molecule has 1 saturated carbocycles. The molecular formula is C25H22F3N3O5. The fourth-order valence-corrected chi connectivity index (χ4v) is 4.88. The smallest absolute Gasteiger partial charge is 0.398 e. The second-order valence-electron chi connectivity index (χ2n) is 9.20. The molecule has 3 aliphatic rings. The topological polar surface area (TPSA) is 119 Å². The number of carbonyl (C=O) groups is 4. The van der Waals surface area contributed by atoms with Crippen LogP contribution in [0.5, 0.6) is 5.75 Å². The number of nitrogens with two attached hydrogens (primary N) is 1. The van der Waals surface area contributed by atoms with Crippen molar-refractivity contribution < 1.29 is 37.1 Å². The molecular weight excluding hydrogens is 479 g/mol. The zero-order chi connectivity index (χ0) is 25.8. The van der Waals surface area contributed by atoms with E-state index in [9.17, 15) is 32.3 Å². The fraction of sp³-hybridized carbons (Fsp3) is 0.360. The van der Waals surface area contributed by atoms with Crippen molar-refractivity contribution in [2.24, 2.45) is 5.73 Å². The number of ether oxygens (including phenoxy) is 1. The molecule has 3 atom stereocenters. The third kappa shape index (κ3) is 4.29. The van der Waals surface area contributed by atoms with E-state index >= 15 is 0 Å². The first-order valence-electron chi connectivity index (χ1n) is 11.5. The Kier molecular flexibility index (Phi) is 5.73. The van der Waals surface area contributed by atoms with Crippen LogP contribution in [0.3, 0.4) is 0 Å². The number of imide groups is 1. The van der Waals surface area contributed by atoms with E-state index < -0.39 is 47.8 Å². The number of benzene rings is 2. The first-order chi connectivity index (χ1) is 17.0. The van der Waals surface area contributed by atoms with Gasteiger partial charge in [-0.1, -0.05) is 12.1 Å². The van der Waals surface area contributed by atoms with Gasteiger partial charge in [0.1, 0.15) is 17.7 Å². The van der Waals surface area contributed by atoms with Gasteiger partial charge < -0.3 is 15.4 Å². The largest absolute Gasteiger partial charge is 0.490 e. The van der Waals surface area contributed by atoms with Crippen LogP contribution < -0.4 is 15.8 Å². The highest BCUT2D eigenvalue weighted by Gasteiger charge is 2.55. The summed E-state index contributed by atoms with van der Waals surface area (Å²) in [5.74, 6) is -4.86. The molecule has 0 bridgehead atoms. The average molecular weight is 501 g/mol. The molecule has 36 heavy (non-hydrogen) atoms. The Hall–Kier alpha value is -3.89. The Morgan fingerprint density at radius 2 is 1.75 bits per heavy atom. The number of piperidine rings is 1. The molecule has 0 aromatic heterocycles. The van der Waals surface area contributed by atoms with E-state index in [1.165, 1.54) is 42.5 Å². The van der Waals surface area contributed by atoms with Gasteiger partial charge in [-0.15, -0.1) is 0 Å². The first kappa shape index (κ1) is 23.8. The number of nitrogens with one attached hydrogen (secondary N) is 1. The number of fused-ring (bicyclic) bond motifs is 1. The van der Waals surface area contributed by atoms with Gasteiger partial charge in [-0.2, -0.15) is 13.2 Å². The maximum Gasteiger partial charge on any atom is 0.398 e. The van der Waals surface area contributed by atoms with Crippen molar-refractivity contribution in [2.75, 3.05) is 0 Å². The van der Waals surface area contributed by atoms with Gasteiger partial charge >= 0.3 is 6.18 Å². The zero-order valence-corrected chi connectivity index (χ0v) is 18.9. The summed E-state index contributed by atoms with van der Waals surface area (Å²) < 4.78 is 49.9.